The first-order valence-electron chi connectivity index (χ1n) is 10.4. The van der Waals surface area contributed by atoms with E-state index in [2.05, 4.69) is 10.1 Å². The lowest BCUT2D eigenvalue weighted by atomic mass is 9.91. The number of hydrogen-bond donors (Lipinski definition) is 1. The van der Waals surface area contributed by atoms with Crippen LogP contribution in [0.3, 0.4) is 0 Å². The fourth-order valence-electron chi connectivity index (χ4n) is 3.32. The number of alkyl halides is 6. The first-order valence-corrected chi connectivity index (χ1v) is 10.4. The van der Waals surface area contributed by atoms with Gasteiger partial charge in [-0.15, -0.1) is 0 Å². The normalized spacial score (nSPS) is 12.0. The second-order valence-corrected chi connectivity index (χ2v) is 7.55. The first kappa shape index (κ1) is 27.4. The van der Waals surface area contributed by atoms with Crippen molar-refractivity contribution in [1.29, 1.82) is 0 Å². The Morgan fingerprint density at radius 3 is 1.49 bits per heavy atom. The van der Waals surface area contributed by atoms with E-state index in [1.807, 2.05) is 0 Å². The van der Waals surface area contributed by atoms with E-state index >= 15 is 0 Å². The predicted octanol–water partition coefficient (Wildman–Crippen LogP) is 6.13. The molecular weight excluding hydrogens is 508 g/mol. The largest absolute Gasteiger partial charge is 0.497 e. The van der Waals surface area contributed by atoms with Crippen LogP contribution in [-0.2, 0) is 10.3 Å². The van der Waals surface area contributed by atoms with Crippen LogP contribution in [0.5, 0.6) is 11.5 Å². The second kappa shape index (κ2) is 10.4. The lowest BCUT2D eigenvalue weighted by molar-refractivity contribution is -0.373. The molecule has 3 rings (SSSR count). The molecule has 1 amide bonds. The van der Waals surface area contributed by atoms with Crippen LogP contribution in [0.2, 0.25) is 0 Å². The second-order valence-electron chi connectivity index (χ2n) is 7.55. The predicted molar refractivity (Wildman–Crippen MR) is 120 cm³/mol. The van der Waals surface area contributed by atoms with Crippen molar-refractivity contribution in [3.8, 4) is 11.5 Å². The Labute approximate surface area is 206 Å². The number of hydrogen-bond acceptors (Lipinski definition) is 5. The van der Waals surface area contributed by atoms with Crippen LogP contribution in [0, 0.1) is 0 Å². The molecule has 0 fully saturated rings. The van der Waals surface area contributed by atoms with E-state index in [0.717, 1.165) is 24.3 Å². The summed E-state index contributed by atoms with van der Waals surface area (Å²) in [6.07, 6.45) is -12.2. The van der Waals surface area contributed by atoms with Crippen LogP contribution in [0.4, 0.5) is 32.0 Å². The summed E-state index contributed by atoms with van der Waals surface area (Å²) in [5.74, 6) is -1.82. The first-order chi connectivity index (χ1) is 17.3. The maximum Gasteiger partial charge on any atom is 0.442 e. The molecule has 37 heavy (non-hydrogen) atoms. The van der Waals surface area contributed by atoms with Gasteiger partial charge in [-0.1, -0.05) is 12.1 Å². The minimum atomic E-state index is -6.08. The Bertz CT molecular complexity index is 1220. The highest BCUT2D eigenvalue weighted by molar-refractivity contribution is 6.04. The molecule has 0 saturated heterocycles. The zero-order chi connectivity index (χ0) is 27.4. The molecular formula is C25H19F6NO5. The molecule has 0 bridgehead atoms. The third kappa shape index (κ3) is 5.63. The molecule has 1 N–H and O–H groups in total. The average molecular weight is 527 g/mol. The van der Waals surface area contributed by atoms with Gasteiger partial charge in [-0.3, -0.25) is 4.79 Å². The van der Waals surface area contributed by atoms with E-state index in [1.54, 1.807) is 0 Å². The third-order valence-electron chi connectivity index (χ3n) is 5.27. The van der Waals surface area contributed by atoms with Gasteiger partial charge in [-0.05, 0) is 60.7 Å². The van der Waals surface area contributed by atoms with Crippen LogP contribution in [0.15, 0.2) is 72.8 Å². The van der Waals surface area contributed by atoms with E-state index in [0.29, 0.717) is 17.9 Å². The number of nitrogens with one attached hydrogen (secondary N) is 1. The lowest BCUT2D eigenvalue weighted by Gasteiger charge is -2.36. The summed E-state index contributed by atoms with van der Waals surface area (Å²) < 4.78 is 98.3. The van der Waals surface area contributed by atoms with Crippen LogP contribution < -0.4 is 14.8 Å². The molecule has 0 unspecified atom stereocenters. The molecule has 0 heterocycles. The number of carbonyl (C=O) groups is 2. The van der Waals surface area contributed by atoms with Crippen molar-refractivity contribution in [3.63, 3.8) is 0 Å². The molecule has 6 nitrogen and oxygen atoms in total. The summed E-state index contributed by atoms with van der Waals surface area (Å²) in [6.45, 7) is 0. The molecule has 0 saturated carbocycles. The molecule has 196 valence electrons. The van der Waals surface area contributed by atoms with Crippen LogP contribution >= 0.6 is 0 Å². The molecule has 0 atom stereocenters. The summed E-state index contributed by atoms with van der Waals surface area (Å²) in [6, 6.07) is 12.8. The minimum Gasteiger partial charge on any atom is -0.497 e. The Balaban J connectivity index is 1.94. The number of esters is 1. The van der Waals surface area contributed by atoms with Crippen LogP contribution in [0.1, 0.15) is 26.3 Å². The summed E-state index contributed by atoms with van der Waals surface area (Å²) in [4.78, 5) is 24.8. The van der Waals surface area contributed by atoms with Gasteiger partial charge >= 0.3 is 23.9 Å². The average Bonchev–Trinajstić information content (AvgIpc) is 2.86. The molecule has 0 aliphatic rings. The number of ether oxygens (including phenoxy) is 3. The summed E-state index contributed by atoms with van der Waals surface area (Å²) >= 11 is 0. The van der Waals surface area contributed by atoms with Crippen molar-refractivity contribution >= 4 is 17.6 Å². The maximum absolute atomic E-state index is 14.0. The number of halogens is 6. The number of rotatable bonds is 7. The van der Waals surface area contributed by atoms with Crippen molar-refractivity contribution in [3.05, 3.63) is 89.5 Å². The lowest BCUT2D eigenvalue weighted by Crippen LogP contribution is -2.56. The highest BCUT2D eigenvalue weighted by Gasteiger charge is 2.75. The summed E-state index contributed by atoms with van der Waals surface area (Å²) in [5.41, 5.74) is -6.86. The van der Waals surface area contributed by atoms with Crippen molar-refractivity contribution in [2.24, 2.45) is 0 Å². The Kier molecular flexibility index (Phi) is 7.70. The Morgan fingerprint density at radius 2 is 1.08 bits per heavy atom. The van der Waals surface area contributed by atoms with E-state index in [-0.39, 0.29) is 17.0 Å². The van der Waals surface area contributed by atoms with Gasteiger partial charge in [0.05, 0.1) is 19.8 Å². The van der Waals surface area contributed by atoms with Crippen molar-refractivity contribution in [2.75, 3.05) is 19.5 Å². The van der Waals surface area contributed by atoms with Crippen molar-refractivity contribution in [2.45, 2.75) is 18.0 Å². The van der Waals surface area contributed by atoms with E-state index < -0.39 is 41.0 Å². The van der Waals surface area contributed by atoms with Gasteiger partial charge in [0.25, 0.3) is 5.91 Å². The third-order valence-corrected chi connectivity index (χ3v) is 5.27. The summed E-state index contributed by atoms with van der Waals surface area (Å²) in [7, 11) is 2.71. The van der Waals surface area contributed by atoms with Crippen molar-refractivity contribution in [1.82, 2.24) is 0 Å². The molecule has 3 aromatic carbocycles. The molecule has 0 aromatic heterocycles. The standard InChI is InChI=1S/C25H19F6NO5/c1-35-19-11-3-15(4-12-19)21(33)32-18-9-7-17(8-10-18)23(24(26,27)28,25(29,30)31)37-22(34)16-5-13-20(36-2)14-6-16/h3-14H,1-2H3,(H,32,33). The highest BCUT2D eigenvalue weighted by atomic mass is 19.4. The molecule has 0 aliphatic heterocycles. The van der Waals surface area contributed by atoms with Gasteiger partial charge in [0.15, 0.2) is 0 Å². The maximum atomic E-state index is 14.0. The fourth-order valence-corrected chi connectivity index (χ4v) is 3.32. The van der Waals surface area contributed by atoms with Crippen molar-refractivity contribution < 1.29 is 50.1 Å². The zero-order valence-corrected chi connectivity index (χ0v) is 19.2. The number of amides is 1. The van der Waals surface area contributed by atoms with Gasteiger partial charge in [-0.25, -0.2) is 4.79 Å². The topological polar surface area (TPSA) is 73.9 Å². The summed E-state index contributed by atoms with van der Waals surface area (Å²) in [5, 5.41) is 2.37. The molecule has 0 spiro atoms. The Hall–Kier alpha value is -4.22. The fraction of sp³-hybridized carbons (Fsp3) is 0.200. The number of carbonyl (C=O) groups excluding carboxylic acids is 2. The van der Waals surface area contributed by atoms with Gasteiger partial charge in [0.1, 0.15) is 11.5 Å². The van der Waals surface area contributed by atoms with E-state index in [4.69, 9.17) is 9.47 Å². The smallest absolute Gasteiger partial charge is 0.442 e. The molecule has 0 aliphatic carbocycles. The number of benzene rings is 3. The number of anilines is 1. The molecule has 12 heteroatoms. The monoisotopic (exact) mass is 527 g/mol. The molecule has 3 aromatic rings. The quantitative estimate of drug-likeness (QED) is 0.296. The number of methoxy groups -OCH3 is 2. The minimum absolute atomic E-state index is 0.0932. The zero-order valence-electron chi connectivity index (χ0n) is 19.2. The van der Waals surface area contributed by atoms with Gasteiger partial charge < -0.3 is 19.5 Å². The highest BCUT2D eigenvalue weighted by Crippen LogP contribution is 2.53. The van der Waals surface area contributed by atoms with Gasteiger partial charge in [-0.2, -0.15) is 26.3 Å². The Morgan fingerprint density at radius 1 is 0.649 bits per heavy atom. The van der Waals surface area contributed by atoms with Gasteiger partial charge in [0, 0.05) is 16.8 Å². The SMILES string of the molecule is COc1ccc(C(=O)Nc2ccc(C(OC(=O)c3ccc(OC)cc3)(C(F)(F)F)C(F)(F)F)cc2)cc1. The van der Waals surface area contributed by atoms with Gasteiger partial charge in [0.2, 0.25) is 0 Å². The molecule has 0 radical (unpaired) electrons. The van der Waals surface area contributed by atoms with Crippen LogP contribution in [-0.4, -0.2) is 38.4 Å². The van der Waals surface area contributed by atoms with Crippen LogP contribution in [0.25, 0.3) is 0 Å². The van der Waals surface area contributed by atoms with E-state index in [9.17, 15) is 35.9 Å². The van der Waals surface area contributed by atoms with E-state index in [1.165, 1.54) is 50.6 Å².